The molecule has 1 aromatic heterocycles. The fraction of sp³-hybridized carbons (Fsp3) is 0. The van der Waals surface area contributed by atoms with Crippen molar-refractivity contribution in [2.45, 2.75) is 4.90 Å². The van der Waals surface area contributed by atoms with E-state index < -0.39 is 24.8 Å². The van der Waals surface area contributed by atoms with Gasteiger partial charge in [0.05, 0.1) is 4.92 Å². The van der Waals surface area contributed by atoms with Gasteiger partial charge in [-0.2, -0.15) is 0 Å². The first kappa shape index (κ1) is 9.10. The Morgan fingerprint density at radius 2 is 2.17 bits per heavy atom. The van der Waals surface area contributed by atoms with Gasteiger partial charge in [-0.15, -0.1) is 0 Å². The van der Waals surface area contributed by atoms with Crippen molar-refractivity contribution in [3.8, 4) is 0 Å². The largest absolute Gasteiger partial charge is 0.344 e. The van der Waals surface area contributed by atoms with E-state index in [1.165, 1.54) is 5.38 Å². The first-order valence-electron chi connectivity index (χ1n) is 2.67. The summed E-state index contributed by atoms with van der Waals surface area (Å²) in [4.78, 5) is 9.02. The third-order valence-electron chi connectivity index (χ3n) is 1.08. The fourth-order valence-electron chi connectivity index (χ4n) is 0.639. The number of hydrogen-bond donors (Lipinski definition) is 1. The third kappa shape index (κ3) is 1.60. The lowest BCUT2D eigenvalue weighted by atomic mass is 10.6. The molecule has 66 valence electrons. The number of sulfonamides is 1. The van der Waals surface area contributed by atoms with Gasteiger partial charge in [-0.25, -0.2) is 13.6 Å². The van der Waals surface area contributed by atoms with E-state index in [0.717, 1.165) is 17.4 Å². The molecular weight excluding hydrogens is 204 g/mol. The van der Waals surface area contributed by atoms with E-state index >= 15 is 0 Å². The van der Waals surface area contributed by atoms with Gasteiger partial charge in [0, 0.05) is 0 Å². The molecule has 1 aromatic rings. The number of nitrogens with zero attached hydrogens (tertiary/aromatic N) is 1. The minimum atomic E-state index is -3.97. The predicted octanol–water partition coefficient (Wildman–Crippen LogP) is 0.304. The highest BCUT2D eigenvalue weighted by Crippen LogP contribution is 2.28. The van der Waals surface area contributed by atoms with Gasteiger partial charge in [-0.1, -0.05) is 11.3 Å². The molecule has 0 aliphatic heterocycles. The van der Waals surface area contributed by atoms with Gasteiger partial charge < -0.3 is 0 Å². The molecule has 0 aromatic carbocycles. The molecular formula is C4H4N2O4S2. The second-order valence-electron chi connectivity index (χ2n) is 1.89. The number of hydrogen-bond acceptors (Lipinski definition) is 5. The van der Waals surface area contributed by atoms with Crippen molar-refractivity contribution in [3.05, 3.63) is 21.6 Å². The monoisotopic (exact) mass is 208 g/mol. The molecule has 1 rings (SSSR count). The molecule has 6 nitrogen and oxygen atoms in total. The third-order valence-corrected chi connectivity index (χ3v) is 3.02. The van der Waals surface area contributed by atoms with Crippen molar-refractivity contribution < 1.29 is 13.3 Å². The van der Waals surface area contributed by atoms with Crippen LogP contribution in [-0.4, -0.2) is 13.3 Å². The summed E-state index contributed by atoms with van der Waals surface area (Å²) >= 11 is 0.726. The normalized spacial score (nSPS) is 11.4. The zero-order chi connectivity index (χ0) is 9.35. The minimum Gasteiger partial charge on any atom is -0.258 e. The smallest absolute Gasteiger partial charge is 0.258 e. The van der Waals surface area contributed by atoms with Crippen molar-refractivity contribution >= 4 is 26.4 Å². The highest BCUT2D eigenvalue weighted by Gasteiger charge is 2.23. The minimum absolute atomic E-state index is 0.433. The van der Waals surface area contributed by atoms with Gasteiger partial charge in [0.2, 0.25) is 10.0 Å². The summed E-state index contributed by atoms with van der Waals surface area (Å²) in [6, 6.07) is 1.11. The summed E-state index contributed by atoms with van der Waals surface area (Å²) in [5.74, 6) is 0. The fourth-order valence-corrected chi connectivity index (χ4v) is 2.40. The average Bonchev–Trinajstić information content (AvgIpc) is 2.30. The van der Waals surface area contributed by atoms with Crippen LogP contribution in [0.1, 0.15) is 0 Å². The summed E-state index contributed by atoms with van der Waals surface area (Å²) in [5.41, 5.74) is 0. The first-order chi connectivity index (χ1) is 5.43. The van der Waals surface area contributed by atoms with Crippen LogP contribution in [0.2, 0.25) is 0 Å². The van der Waals surface area contributed by atoms with Crippen molar-refractivity contribution in [2.75, 3.05) is 0 Å². The molecule has 0 bridgehead atoms. The van der Waals surface area contributed by atoms with Crippen LogP contribution in [0.3, 0.4) is 0 Å². The molecule has 0 radical (unpaired) electrons. The van der Waals surface area contributed by atoms with Gasteiger partial charge in [-0.3, -0.25) is 10.1 Å². The molecule has 2 N–H and O–H groups in total. The van der Waals surface area contributed by atoms with Crippen LogP contribution in [-0.2, 0) is 10.0 Å². The van der Waals surface area contributed by atoms with Crippen molar-refractivity contribution in [1.29, 1.82) is 0 Å². The van der Waals surface area contributed by atoms with Gasteiger partial charge in [0.15, 0.2) is 4.90 Å². The Bertz CT molecular complexity index is 406. The van der Waals surface area contributed by atoms with E-state index in [1.54, 1.807) is 0 Å². The number of nitrogens with two attached hydrogens (primary N) is 1. The quantitative estimate of drug-likeness (QED) is 0.557. The molecule has 0 atom stereocenters. The zero-order valence-corrected chi connectivity index (χ0v) is 7.26. The maximum atomic E-state index is 10.7. The van der Waals surface area contributed by atoms with Crippen LogP contribution in [0.15, 0.2) is 16.3 Å². The van der Waals surface area contributed by atoms with Crippen LogP contribution in [0.5, 0.6) is 0 Å². The number of rotatable bonds is 2. The van der Waals surface area contributed by atoms with Crippen molar-refractivity contribution in [3.63, 3.8) is 0 Å². The summed E-state index contributed by atoms with van der Waals surface area (Å²) in [6.45, 7) is 0. The van der Waals surface area contributed by atoms with Crippen molar-refractivity contribution in [2.24, 2.45) is 5.14 Å². The lowest BCUT2D eigenvalue weighted by molar-refractivity contribution is -0.383. The Kier molecular flexibility index (Phi) is 2.13. The number of primary sulfonamides is 1. The van der Waals surface area contributed by atoms with Gasteiger partial charge >= 0.3 is 5.00 Å². The maximum absolute atomic E-state index is 10.7. The summed E-state index contributed by atoms with van der Waals surface area (Å²) in [6.07, 6.45) is 0. The van der Waals surface area contributed by atoms with Gasteiger partial charge in [-0.05, 0) is 11.4 Å². The van der Waals surface area contributed by atoms with Gasteiger partial charge in [0.25, 0.3) is 0 Å². The Labute approximate surface area is 71.8 Å². The Morgan fingerprint density at radius 3 is 2.50 bits per heavy atom. The van der Waals surface area contributed by atoms with E-state index in [9.17, 15) is 18.5 Å². The van der Waals surface area contributed by atoms with E-state index in [1.807, 2.05) is 0 Å². The van der Waals surface area contributed by atoms with Crippen LogP contribution >= 0.6 is 11.3 Å². The molecule has 0 fully saturated rings. The van der Waals surface area contributed by atoms with Crippen LogP contribution in [0.4, 0.5) is 5.00 Å². The van der Waals surface area contributed by atoms with Crippen LogP contribution in [0.25, 0.3) is 0 Å². The molecule has 0 saturated heterocycles. The summed E-state index contributed by atoms with van der Waals surface area (Å²) in [7, 11) is -3.97. The Hall–Kier alpha value is -0.990. The topological polar surface area (TPSA) is 103 Å². The van der Waals surface area contributed by atoms with Crippen molar-refractivity contribution in [1.82, 2.24) is 0 Å². The molecule has 0 aliphatic carbocycles. The molecule has 0 saturated carbocycles. The average molecular weight is 208 g/mol. The molecule has 0 spiro atoms. The molecule has 8 heteroatoms. The van der Waals surface area contributed by atoms with Crippen LogP contribution in [0, 0.1) is 10.1 Å². The van der Waals surface area contributed by atoms with E-state index in [0.29, 0.717) is 0 Å². The zero-order valence-electron chi connectivity index (χ0n) is 5.63. The first-order valence-corrected chi connectivity index (χ1v) is 5.10. The SMILES string of the molecule is NS(=O)(=O)c1ccsc1[N+](=O)[O-]. The second-order valence-corrected chi connectivity index (χ2v) is 4.32. The Morgan fingerprint density at radius 1 is 1.58 bits per heavy atom. The van der Waals surface area contributed by atoms with E-state index in [-0.39, 0.29) is 0 Å². The predicted molar refractivity (Wildman–Crippen MR) is 42.3 cm³/mol. The summed E-state index contributed by atoms with van der Waals surface area (Å²) < 4.78 is 21.4. The molecule has 1 heterocycles. The van der Waals surface area contributed by atoms with Gasteiger partial charge in [0.1, 0.15) is 0 Å². The Balaban J connectivity index is 3.36. The van der Waals surface area contributed by atoms with E-state index in [4.69, 9.17) is 5.14 Å². The molecule has 0 unspecified atom stereocenters. The molecule has 0 aliphatic rings. The summed E-state index contributed by atoms with van der Waals surface area (Å²) in [5, 5.41) is 15.8. The highest BCUT2D eigenvalue weighted by molar-refractivity contribution is 7.89. The number of nitro groups is 1. The number of thiophene rings is 1. The van der Waals surface area contributed by atoms with Crippen LogP contribution < -0.4 is 5.14 Å². The molecule has 0 amide bonds. The lowest BCUT2D eigenvalue weighted by Crippen LogP contribution is -2.12. The van der Waals surface area contributed by atoms with E-state index in [2.05, 4.69) is 0 Å². The lowest BCUT2D eigenvalue weighted by Gasteiger charge is -1.91. The maximum Gasteiger partial charge on any atom is 0.344 e. The molecule has 12 heavy (non-hydrogen) atoms. The standard InChI is InChI=1S/C4H4N2O4S2/c5-12(9,10)3-1-2-11-4(3)6(7)8/h1-2H,(H2,5,9,10). The second kappa shape index (κ2) is 2.81. The highest BCUT2D eigenvalue weighted by atomic mass is 32.2.